The molecule has 0 radical (unpaired) electrons. The number of nitrogen functional groups attached to an aromatic ring is 2. The number of benzene rings is 1. The van der Waals surface area contributed by atoms with E-state index in [-0.39, 0.29) is 11.7 Å². The van der Waals surface area contributed by atoms with Crippen molar-refractivity contribution in [1.82, 2.24) is 19.7 Å². The van der Waals surface area contributed by atoms with Crippen molar-refractivity contribution in [3.8, 4) is 5.69 Å². The Kier molecular flexibility index (Phi) is 3.46. The number of hydrogen-bond acceptors (Lipinski definition) is 5. The summed E-state index contributed by atoms with van der Waals surface area (Å²) >= 11 is 0. The lowest BCUT2D eigenvalue weighted by atomic mass is 10.0. The summed E-state index contributed by atoms with van der Waals surface area (Å²) in [5.41, 5.74) is 12.6. The average Bonchev–Trinajstić information content (AvgIpc) is 2.95. The Morgan fingerprint density at radius 1 is 1.14 bits per heavy atom. The summed E-state index contributed by atoms with van der Waals surface area (Å²) in [6.07, 6.45) is 3.39. The predicted octanol–water partition coefficient (Wildman–Crippen LogP) is 2.12. The summed E-state index contributed by atoms with van der Waals surface area (Å²) in [4.78, 5) is 8.37. The second-order valence-corrected chi connectivity index (χ2v) is 4.97. The van der Waals surface area contributed by atoms with Gasteiger partial charge in [-0.3, -0.25) is 0 Å². The Labute approximate surface area is 126 Å². The molecule has 2 heterocycles. The van der Waals surface area contributed by atoms with Crippen LogP contribution in [-0.2, 0) is 0 Å². The van der Waals surface area contributed by atoms with Crippen LogP contribution in [0.3, 0.4) is 0 Å². The monoisotopic (exact) mass is 298 g/mol. The molecule has 0 saturated carbocycles. The Balaban J connectivity index is 1.95. The second kappa shape index (κ2) is 5.44. The van der Waals surface area contributed by atoms with E-state index in [2.05, 4.69) is 15.1 Å². The Morgan fingerprint density at radius 3 is 2.50 bits per heavy atom. The Bertz CT molecular complexity index is 793. The van der Waals surface area contributed by atoms with Crippen molar-refractivity contribution in [2.45, 2.75) is 12.8 Å². The molecule has 1 atom stereocenters. The predicted molar refractivity (Wildman–Crippen MR) is 81.9 cm³/mol. The van der Waals surface area contributed by atoms with Crippen LogP contribution in [-0.4, -0.2) is 19.7 Å². The molecule has 6 nitrogen and oxygen atoms in total. The molecule has 3 rings (SSSR count). The van der Waals surface area contributed by atoms with E-state index in [1.165, 1.54) is 16.8 Å². The van der Waals surface area contributed by atoms with Gasteiger partial charge in [0.15, 0.2) is 0 Å². The normalized spacial score (nSPS) is 12.3. The Morgan fingerprint density at radius 2 is 1.82 bits per heavy atom. The summed E-state index contributed by atoms with van der Waals surface area (Å²) in [7, 11) is 0. The van der Waals surface area contributed by atoms with E-state index < -0.39 is 0 Å². The van der Waals surface area contributed by atoms with Gasteiger partial charge >= 0.3 is 0 Å². The Hall–Kier alpha value is -2.96. The number of para-hydroxylation sites is 1. The molecule has 0 aliphatic rings. The number of anilines is 2. The molecule has 112 valence electrons. The smallest absolute Gasteiger partial charge is 0.148 e. The van der Waals surface area contributed by atoms with Gasteiger partial charge in [0.25, 0.3) is 0 Å². The van der Waals surface area contributed by atoms with Crippen molar-refractivity contribution in [2.75, 3.05) is 11.5 Å². The van der Waals surface area contributed by atoms with Crippen LogP contribution in [0.2, 0.25) is 0 Å². The molecule has 22 heavy (non-hydrogen) atoms. The van der Waals surface area contributed by atoms with E-state index >= 15 is 0 Å². The van der Waals surface area contributed by atoms with E-state index in [0.717, 1.165) is 5.56 Å². The fourth-order valence-electron chi connectivity index (χ4n) is 2.18. The standard InChI is InChI=1S/C15H15FN6/c1-9(15-20-13(17)6-14(18)21-15)10-7-19-22(8-10)12-5-3-2-4-11(12)16/h2-9H,1H3,(H4,17,18,20,21). The van der Waals surface area contributed by atoms with Gasteiger partial charge < -0.3 is 11.5 Å². The molecular formula is C15H15FN6. The van der Waals surface area contributed by atoms with Crippen molar-refractivity contribution < 1.29 is 4.39 Å². The average molecular weight is 298 g/mol. The fourth-order valence-corrected chi connectivity index (χ4v) is 2.18. The molecule has 3 aromatic rings. The highest BCUT2D eigenvalue weighted by atomic mass is 19.1. The first kappa shape index (κ1) is 14.0. The molecule has 0 fully saturated rings. The quantitative estimate of drug-likeness (QED) is 0.772. The van der Waals surface area contributed by atoms with Gasteiger partial charge in [-0.05, 0) is 12.1 Å². The van der Waals surface area contributed by atoms with Gasteiger partial charge in [0, 0.05) is 23.7 Å². The maximum absolute atomic E-state index is 13.8. The maximum atomic E-state index is 13.8. The molecule has 0 bridgehead atoms. The number of halogens is 1. The largest absolute Gasteiger partial charge is 0.384 e. The zero-order valence-corrected chi connectivity index (χ0v) is 11.9. The molecule has 2 aromatic heterocycles. The minimum absolute atomic E-state index is 0.161. The summed E-state index contributed by atoms with van der Waals surface area (Å²) in [5, 5.41) is 4.20. The minimum atomic E-state index is -0.339. The van der Waals surface area contributed by atoms with Gasteiger partial charge in [-0.1, -0.05) is 19.1 Å². The minimum Gasteiger partial charge on any atom is -0.384 e. The molecule has 1 unspecified atom stereocenters. The van der Waals surface area contributed by atoms with E-state index in [0.29, 0.717) is 23.1 Å². The molecule has 0 amide bonds. The first-order chi connectivity index (χ1) is 10.5. The van der Waals surface area contributed by atoms with Crippen LogP contribution in [0, 0.1) is 5.82 Å². The van der Waals surface area contributed by atoms with Gasteiger partial charge in [-0.15, -0.1) is 0 Å². The maximum Gasteiger partial charge on any atom is 0.148 e. The first-order valence-corrected chi connectivity index (χ1v) is 6.74. The third-order valence-electron chi connectivity index (χ3n) is 3.37. The van der Waals surface area contributed by atoms with Crippen molar-refractivity contribution in [3.05, 3.63) is 59.9 Å². The zero-order valence-electron chi connectivity index (χ0n) is 11.9. The van der Waals surface area contributed by atoms with Gasteiger partial charge in [0.2, 0.25) is 0 Å². The highest BCUT2D eigenvalue weighted by molar-refractivity contribution is 5.42. The van der Waals surface area contributed by atoms with Crippen molar-refractivity contribution >= 4 is 11.6 Å². The van der Waals surface area contributed by atoms with Gasteiger partial charge in [-0.25, -0.2) is 19.0 Å². The van der Waals surface area contributed by atoms with Crippen LogP contribution < -0.4 is 11.5 Å². The molecule has 4 N–H and O–H groups in total. The van der Waals surface area contributed by atoms with E-state index in [9.17, 15) is 4.39 Å². The van der Waals surface area contributed by atoms with Gasteiger partial charge in [-0.2, -0.15) is 5.10 Å². The van der Waals surface area contributed by atoms with Crippen molar-refractivity contribution in [3.63, 3.8) is 0 Å². The molecule has 0 spiro atoms. The summed E-state index contributed by atoms with van der Waals surface area (Å²) in [5.74, 6) is 0.637. The third kappa shape index (κ3) is 2.60. The zero-order chi connectivity index (χ0) is 15.7. The van der Waals surface area contributed by atoms with Gasteiger partial charge in [0.05, 0.1) is 6.20 Å². The lowest BCUT2D eigenvalue weighted by molar-refractivity contribution is 0.611. The van der Waals surface area contributed by atoms with Crippen LogP contribution in [0.5, 0.6) is 0 Å². The highest BCUT2D eigenvalue weighted by Crippen LogP contribution is 2.23. The van der Waals surface area contributed by atoms with Crippen LogP contribution in [0.1, 0.15) is 24.2 Å². The molecule has 7 heteroatoms. The summed E-state index contributed by atoms with van der Waals surface area (Å²) in [6.45, 7) is 1.91. The fraction of sp³-hybridized carbons (Fsp3) is 0.133. The van der Waals surface area contributed by atoms with Crippen molar-refractivity contribution in [2.24, 2.45) is 0 Å². The van der Waals surface area contributed by atoms with Crippen LogP contribution >= 0.6 is 0 Å². The second-order valence-electron chi connectivity index (χ2n) is 4.97. The molecular weight excluding hydrogens is 283 g/mol. The van der Waals surface area contributed by atoms with Gasteiger partial charge in [0.1, 0.15) is 29.0 Å². The highest BCUT2D eigenvalue weighted by Gasteiger charge is 2.16. The van der Waals surface area contributed by atoms with E-state index in [1.807, 2.05) is 6.92 Å². The summed E-state index contributed by atoms with van der Waals surface area (Å²) < 4.78 is 15.3. The number of hydrogen-bond donors (Lipinski definition) is 2. The van der Waals surface area contributed by atoms with Crippen molar-refractivity contribution in [1.29, 1.82) is 0 Å². The number of nitrogens with two attached hydrogens (primary N) is 2. The molecule has 0 aliphatic heterocycles. The topological polar surface area (TPSA) is 95.6 Å². The van der Waals surface area contributed by atoms with E-state index in [1.54, 1.807) is 30.6 Å². The lowest BCUT2D eigenvalue weighted by Crippen LogP contribution is -2.07. The molecule has 0 aliphatic carbocycles. The molecule has 1 aromatic carbocycles. The van der Waals surface area contributed by atoms with E-state index in [4.69, 9.17) is 11.5 Å². The number of nitrogens with zero attached hydrogens (tertiary/aromatic N) is 4. The number of rotatable bonds is 3. The van der Waals surface area contributed by atoms with Crippen LogP contribution in [0.4, 0.5) is 16.0 Å². The van der Waals surface area contributed by atoms with Crippen LogP contribution in [0.15, 0.2) is 42.7 Å². The molecule has 0 saturated heterocycles. The lowest BCUT2D eigenvalue weighted by Gasteiger charge is -2.09. The SMILES string of the molecule is CC(c1cnn(-c2ccccc2F)c1)c1nc(N)cc(N)n1. The summed E-state index contributed by atoms with van der Waals surface area (Å²) in [6, 6.07) is 7.94. The third-order valence-corrected chi connectivity index (χ3v) is 3.37. The first-order valence-electron chi connectivity index (χ1n) is 6.74. The van der Waals surface area contributed by atoms with Crippen LogP contribution in [0.25, 0.3) is 5.69 Å². The number of aromatic nitrogens is 4.